The van der Waals surface area contributed by atoms with E-state index in [1.807, 2.05) is 25.7 Å². The van der Waals surface area contributed by atoms with Crippen LogP contribution in [0.4, 0.5) is 10.5 Å². The molecule has 0 aliphatic carbocycles. The first-order valence-corrected chi connectivity index (χ1v) is 8.31. The summed E-state index contributed by atoms with van der Waals surface area (Å²) in [6, 6.07) is 6.76. The van der Waals surface area contributed by atoms with E-state index in [0.29, 0.717) is 12.6 Å². The number of rotatable bonds is 1. The van der Waals surface area contributed by atoms with E-state index in [-0.39, 0.29) is 6.09 Å². The lowest BCUT2D eigenvalue weighted by Gasteiger charge is -2.30. The fraction of sp³-hybridized carbons (Fsp3) is 0.611. The highest BCUT2D eigenvalue weighted by atomic mass is 16.6. The van der Waals surface area contributed by atoms with E-state index in [1.165, 1.54) is 24.0 Å². The van der Waals surface area contributed by atoms with Gasteiger partial charge < -0.3 is 10.1 Å². The summed E-state index contributed by atoms with van der Waals surface area (Å²) in [5.74, 6) is 0. The van der Waals surface area contributed by atoms with Gasteiger partial charge in [-0.05, 0) is 57.7 Å². The van der Waals surface area contributed by atoms with Gasteiger partial charge in [0.1, 0.15) is 5.60 Å². The van der Waals surface area contributed by atoms with Crippen LogP contribution in [0.5, 0.6) is 0 Å². The highest BCUT2D eigenvalue weighted by molar-refractivity contribution is 5.92. The van der Waals surface area contributed by atoms with Gasteiger partial charge in [0.25, 0.3) is 0 Å². The zero-order valence-electron chi connectivity index (χ0n) is 13.8. The van der Waals surface area contributed by atoms with Crippen LogP contribution in [-0.4, -0.2) is 24.8 Å². The number of hydrogen-bond acceptors (Lipinski definition) is 3. The van der Waals surface area contributed by atoms with Crippen molar-refractivity contribution in [2.24, 2.45) is 0 Å². The second-order valence-corrected chi connectivity index (χ2v) is 7.24. The molecule has 1 unspecified atom stereocenters. The van der Waals surface area contributed by atoms with Crippen LogP contribution in [0.3, 0.4) is 0 Å². The Bertz CT molecular complexity index is 557. The van der Waals surface area contributed by atoms with Crippen molar-refractivity contribution in [3.63, 3.8) is 0 Å². The summed E-state index contributed by atoms with van der Waals surface area (Å²) in [5.41, 5.74) is 3.13. The molecule has 1 atom stereocenters. The minimum absolute atomic E-state index is 0.227. The third-order valence-corrected chi connectivity index (χ3v) is 4.33. The van der Waals surface area contributed by atoms with Gasteiger partial charge in [0.2, 0.25) is 0 Å². The average Bonchev–Trinajstić information content (AvgIpc) is 2.90. The highest BCUT2D eigenvalue weighted by Gasteiger charge is 2.32. The zero-order chi connectivity index (χ0) is 15.7. The molecule has 1 amide bonds. The molecule has 22 heavy (non-hydrogen) atoms. The van der Waals surface area contributed by atoms with Gasteiger partial charge in [0.15, 0.2) is 0 Å². The molecule has 1 fully saturated rings. The number of amides is 1. The maximum atomic E-state index is 12.5. The molecule has 4 heteroatoms. The van der Waals surface area contributed by atoms with Gasteiger partial charge in [0.05, 0.1) is 5.69 Å². The van der Waals surface area contributed by atoms with Crippen LogP contribution < -0.4 is 10.2 Å². The van der Waals surface area contributed by atoms with E-state index in [4.69, 9.17) is 4.74 Å². The summed E-state index contributed by atoms with van der Waals surface area (Å²) in [6.07, 6.45) is 4.30. The molecule has 1 N–H and O–H groups in total. The first kappa shape index (κ1) is 15.3. The molecule has 0 bridgehead atoms. The molecule has 0 spiro atoms. The second-order valence-electron chi connectivity index (χ2n) is 7.24. The SMILES string of the molecule is CC(C)(C)OC(=O)N1CCc2cccc(C3CCCCN3)c21. The van der Waals surface area contributed by atoms with Gasteiger partial charge in [-0.15, -0.1) is 0 Å². The molecular formula is C18H26N2O2. The number of hydrogen-bond donors (Lipinski definition) is 1. The second kappa shape index (κ2) is 5.92. The van der Waals surface area contributed by atoms with Crippen molar-refractivity contribution in [2.45, 2.75) is 58.1 Å². The minimum atomic E-state index is -0.460. The lowest BCUT2D eigenvalue weighted by atomic mass is 9.94. The van der Waals surface area contributed by atoms with Gasteiger partial charge in [0, 0.05) is 12.6 Å². The lowest BCUT2D eigenvalue weighted by Crippen LogP contribution is -2.37. The van der Waals surface area contributed by atoms with Crippen LogP contribution in [-0.2, 0) is 11.2 Å². The van der Waals surface area contributed by atoms with Crippen LogP contribution in [0.1, 0.15) is 57.2 Å². The Balaban J connectivity index is 1.89. The molecule has 1 aromatic carbocycles. The third-order valence-electron chi connectivity index (χ3n) is 4.33. The van der Waals surface area contributed by atoms with Crippen molar-refractivity contribution in [3.05, 3.63) is 29.3 Å². The van der Waals surface area contributed by atoms with Gasteiger partial charge in [-0.3, -0.25) is 4.90 Å². The van der Waals surface area contributed by atoms with E-state index < -0.39 is 5.60 Å². The molecule has 1 aromatic rings. The number of para-hydroxylation sites is 1. The first-order valence-electron chi connectivity index (χ1n) is 8.31. The Morgan fingerprint density at radius 2 is 2.14 bits per heavy atom. The number of fused-ring (bicyclic) bond motifs is 1. The number of nitrogens with one attached hydrogen (secondary N) is 1. The maximum absolute atomic E-state index is 12.5. The molecule has 0 aromatic heterocycles. The Kier molecular flexibility index (Phi) is 4.13. The number of piperidine rings is 1. The molecule has 120 valence electrons. The zero-order valence-corrected chi connectivity index (χ0v) is 13.8. The standard InChI is InChI=1S/C18H26N2O2/c1-18(2,3)22-17(21)20-12-10-13-7-6-8-14(16(13)20)15-9-4-5-11-19-15/h6-8,15,19H,4-5,9-12H2,1-3H3. The molecular weight excluding hydrogens is 276 g/mol. The van der Waals surface area contributed by atoms with Gasteiger partial charge in [-0.2, -0.15) is 0 Å². The molecule has 2 aliphatic heterocycles. The molecule has 1 saturated heterocycles. The van der Waals surface area contributed by atoms with Crippen LogP contribution in [0.25, 0.3) is 0 Å². The van der Waals surface area contributed by atoms with E-state index in [2.05, 4.69) is 23.5 Å². The van der Waals surface area contributed by atoms with Crippen LogP contribution in [0.15, 0.2) is 18.2 Å². The van der Waals surface area contributed by atoms with Crippen molar-refractivity contribution in [3.8, 4) is 0 Å². The van der Waals surface area contributed by atoms with E-state index in [0.717, 1.165) is 25.1 Å². The van der Waals surface area contributed by atoms with Gasteiger partial charge in [-0.25, -0.2) is 4.79 Å². The molecule has 0 saturated carbocycles. The van der Waals surface area contributed by atoms with E-state index in [1.54, 1.807) is 0 Å². The largest absolute Gasteiger partial charge is 0.443 e. The Labute approximate surface area is 132 Å². The van der Waals surface area contributed by atoms with Crippen molar-refractivity contribution in [1.29, 1.82) is 0 Å². The number of carbonyl (C=O) groups is 1. The topological polar surface area (TPSA) is 41.6 Å². The van der Waals surface area contributed by atoms with E-state index in [9.17, 15) is 4.79 Å². The fourth-order valence-electron chi connectivity index (χ4n) is 3.38. The Morgan fingerprint density at radius 3 is 2.82 bits per heavy atom. The predicted octanol–water partition coefficient (Wildman–Crippen LogP) is 3.80. The Morgan fingerprint density at radius 1 is 1.32 bits per heavy atom. The summed E-state index contributed by atoms with van der Waals surface area (Å²) < 4.78 is 5.59. The van der Waals surface area contributed by atoms with Crippen molar-refractivity contribution in [1.82, 2.24) is 5.32 Å². The molecule has 2 aliphatic rings. The number of ether oxygens (including phenoxy) is 1. The summed E-state index contributed by atoms with van der Waals surface area (Å²) in [5, 5.41) is 3.59. The lowest BCUT2D eigenvalue weighted by molar-refractivity contribution is 0.0583. The predicted molar refractivity (Wildman–Crippen MR) is 88.3 cm³/mol. The van der Waals surface area contributed by atoms with Crippen molar-refractivity contribution in [2.75, 3.05) is 18.0 Å². The maximum Gasteiger partial charge on any atom is 0.414 e. The normalized spacial score (nSPS) is 21.6. The van der Waals surface area contributed by atoms with Crippen LogP contribution in [0, 0.1) is 0 Å². The molecule has 4 nitrogen and oxygen atoms in total. The van der Waals surface area contributed by atoms with E-state index >= 15 is 0 Å². The van der Waals surface area contributed by atoms with Crippen molar-refractivity contribution >= 4 is 11.8 Å². The minimum Gasteiger partial charge on any atom is -0.443 e. The molecule has 0 radical (unpaired) electrons. The number of benzene rings is 1. The van der Waals surface area contributed by atoms with Gasteiger partial charge in [-0.1, -0.05) is 24.6 Å². The van der Waals surface area contributed by atoms with Crippen LogP contribution >= 0.6 is 0 Å². The van der Waals surface area contributed by atoms with Crippen LogP contribution in [0.2, 0.25) is 0 Å². The smallest absolute Gasteiger partial charge is 0.414 e. The summed E-state index contributed by atoms with van der Waals surface area (Å²) in [7, 11) is 0. The first-order chi connectivity index (χ1) is 10.5. The highest BCUT2D eigenvalue weighted by Crippen LogP contribution is 2.38. The fourth-order valence-corrected chi connectivity index (χ4v) is 3.38. The average molecular weight is 302 g/mol. The van der Waals surface area contributed by atoms with Crippen molar-refractivity contribution < 1.29 is 9.53 Å². The number of carbonyl (C=O) groups excluding carboxylic acids is 1. The molecule has 2 heterocycles. The molecule has 3 rings (SSSR count). The summed E-state index contributed by atoms with van der Waals surface area (Å²) >= 11 is 0. The number of anilines is 1. The summed E-state index contributed by atoms with van der Waals surface area (Å²) in [6.45, 7) is 7.51. The quantitative estimate of drug-likeness (QED) is 0.858. The third kappa shape index (κ3) is 3.12. The van der Waals surface area contributed by atoms with Gasteiger partial charge >= 0.3 is 6.09 Å². The monoisotopic (exact) mass is 302 g/mol. The number of nitrogens with zero attached hydrogens (tertiary/aromatic N) is 1. The summed E-state index contributed by atoms with van der Waals surface area (Å²) in [4.78, 5) is 14.4. The Hall–Kier alpha value is -1.55.